The molecule has 0 N–H and O–H groups in total. The molecule has 0 heterocycles. The minimum Gasteiger partial charge on any atom is -0.272 e. The molecule has 0 radical (unpaired) electrons. The molecule has 0 atom stereocenters. The Morgan fingerprint density at radius 3 is 2.58 bits per heavy atom. The van der Waals surface area contributed by atoms with Gasteiger partial charge in [-0.25, -0.2) is 0 Å². The standard InChI is InChI=1S/C9H8N2S/c10-7-11(8-12)6-9-4-2-1-3-5-9/h1-5,8H,6H2. The van der Waals surface area contributed by atoms with Gasteiger partial charge in [0.15, 0.2) is 6.19 Å². The largest absolute Gasteiger partial charge is 0.272 e. The fraction of sp³-hybridized carbons (Fsp3) is 0.111. The van der Waals surface area contributed by atoms with Crippen LogP contribution in [0, 0.1) is 11.5 Å². The molecule has 0 aliphatic carbocycles. The molecule has 60 valence electrons. The molecule has 0 saturated heterocycles. The zero-order chi connectivity index (χ0) is 8.81. The highest BCUT2D eigenvalue weighted by Crippen LogP contribution is 2.01. The summed E-state index contributed by atoms with van der Waals surface area (Å²) in [5.74, 6) is 0. The van der Waals surface area contributed by atoms with E-state index in [1.807, 2.05) is 36.5 Å². The predicted octanol–water partition coefficient (Wildman–Crippen LogP) is 1.93. The fourth-order valence-corrected chi connectivity index (χ4v) is 0.998. The SMILES string of the molecule is N#CN(C=S)Cc1ccccc1. The number of rotatable bonds is 3. The maximum absolute atomic E-state index is 8.57. The van der Waals surface area contributed by atoms with E-state index in [4.69, 9.17) is 5.26 Å². The average molecular weight is 176 g/mol. The van der Waals surface area contributed by atoms with Crippen LogP contribution in [-0.2, 0) is 6.54 Å². The molecular formula is C9H8N2S. The van der Waals surface area contributed by atoms with Crippen LogP contribution in [0.5, 0.6) is 0 Å². The van der Waals surface area contributed by atoms with Crippen LogP contribution in [0.1, 0.15) is 5.56 Å². The van der Waals surface area contributed by atoms with Gasteiger partial charge < -0.3 is 0 Å². The van der Waals surface area contributed by atoms with Gasteiger partial charge in [0.05, 0.1) is 12.0 Å². The van der Waals surface area contributed by atoms with Gasteiger partial charge in [-0.15, -0.1) is 0 Å². The van der Waals surface area contributed by atoms with E-state index in [2.05, 4.69) is 12.2 Å². The number of thiocarbonyl (C=S) groups is 1. The van der Waals surface area contributed by atoms with Crippen molar-refractivity contribution in [3.05, 3.63) is 35.9 Å². The lowest BCUT2D eigenvalue weighted by Crippen LogP contribution is -2.12. The zero-order valence-electron chi connectivity index (χ0n) is 6.47. The topological polar surface area (TPSA) is 27.0 Å². The van der Waals surface area contributed by atoms with E-state index < -0.39 is 0 Å². The first-order chi connectivity index (χ1) is 5.86. The van der Waals surface area contributed by atoms with Gasteiger partial charge in [0, 0.05) is 0 Å². The van der Waals surface area contributed by atoms with Gasteiger partial charge in [0.2, 0.25) is 0 Å². The molecule has 3 heteroatoms. The third-order valence-corrected chi connectivity index (χ3v) is 1.71. The molecule has 0 saturated carbocycles. The van der Waals surface area contributed by atoms with E-state index in [0.29, 0.717) is 6.54 Å². The number of hydrogen-bond acceptors (Lipinski definition) is 2. The van der Waals surface area contributed by atoms with E-state index >= 15 is 0 Å². The van der Waals surface area contributed by atoms with Crippen LogP contribution in [0.3, 0.4) is 0 Å². The third-order valence-electron chi connectivity index (χ3n) is 1.45. The number of hydrogen-bond donors (Lipinski definition) is 0. The van der Waals surface area contributed by atoms with Crippen molar-refractivity contribution in [2.75, 3.05) is 0 Å². The Kier molecular flexibility index (Phi) is 3.24. The van der Waals surface area contributed by atoms with Gasteiger partial charge in [-0.1, -0.05) is 42.5 Å². The monoisotopic (exact) mass is 176 g/mol. The summed E-state index contributed by atoms with van der Waals surface area (Å²) in [6.45, 7) is 0.556. The summed E-state index contributed by atoms with van der Waals surface area (Å²) >= 11 is 4.65. The second kappa shape index (κ2) is 4.47. The van der Waals surface area contributed by atoms with Crippen LogP contribution in [0.15, 0.2) is 30.3 Å². The van der Waals surface area contributed by atoms with Crippen molar-refractivity contribution in [3.63, 3.8) is 0 Å². The van der Waals surface area contributed by atoms with Crippen molar-refractivity contribution >= 4 is 17.7 Å². The molecule has 1 rings (SSSR count). The highest BCUT2D eigenvalue weighted by Gasteiger charge is 1.96. The molecule has 0 aliphatic heterocycles. The lowest BCUT2D eigenvalue weighted by atomic mass is 10.2. The van der Waals surface area contributed by atoms with Crippen molar-refractivity contribution in [3.8, 4) is 6.19 Å². The Morgan fingerprint density at radius 2 is 2.08 bits per heavy atom. The molecule has 1 aromatic rings. The zero-order valence-corrected chi connectivity index (χ0v) is 7.29. The summed E-state index contributed by atoms with van der Waals surface area (Å²) in [6.07, 6.45) is 1.97. The number of nitrogens with zero attached hydrogens (tertiary/aromatic N) is 2. The van der Waals surface area contributed by atoms with Crippen molar-refractivity contribution in [1.82, 2.24) is 4.90 Å². The average Bonchev–Trinajstić information content (AvgIpc) is 2.16. The lowest BCUT2D eigenvalue weighted by Gasteiger charge is -2.07. The van der Waals surface area contributed by atoms with Crippen molar-refractivity contribution in [2.24, 2.45) is 0 Å². The van der Waals surface area contributed by atoms with Gasteiger partial charge >= 0.3 is 0 Å². The van der Waals surface area contributed by atoms with Gasteiger partial charge in [-0.2, -0.15) is 5.26 Å². The van der Waals surface area contributed by atoms with Crippen molar-refractivity contribution in [2.45, 2.75) is 6.54 Å². The van der Waals surface area contributed by atoms with E-state index in [1.54, 1.807) is 0 Å². The highest BCUT2D eigenvalue weighted by molar-refractivity contribution is 7.78. The van der Waals surface area contributed by atoms with E-state index in [1.165, 1.54) is 10.4 Å². The first kappa shape index (κ1) is 8.69. The molecule has 0 unspecified atom stereocenters. The van der Waals surface area contributed by atoms with Crippen LogP contribution in [0.2, 0.25) is 0 Å². The fourth-order valence-electron chi connectivity index (χ4n) is 0.876. The van der Waals surface area contributed by atoms with E-state index in [9.17, 15) is 0 Å². The Bertz CT molecular complexity index is 289. The Balaban J connectivity index is 2.64. The van der Waals surface area contributed by atoms with Gasteiger partial charge in [0.1, 0.15) is 0 Å². The molecular weight excluding hydrogens is 168 g/mol. The summed E-state index contributed by atoms with van der Waals surface area (Å²) in [6, 6.07) is 9.74. The molecule has 1 aromatic carbocycles. The van der Waals surface area contributed by atoms with Gasteiger partial charge in [0.25, 0.3) is 0 Å². The summed E-state index contributed by atoms with van der Waals surface area (Å²) < 4.78 is 0. The second-order valence-electron chi connectivity index (χ2n) is 2.32. The van der Waals surface area contributed by atoms with E-state index in [-0.39, 0.29) is 0 Å². The van der Waals surface area contributed by atoms with E-state index in [0.717, 1.165) is 5.56 Å². The first-order valence-corrected chi connectivity index (χ1v) is 3.99. The molecule has 0 aromatic heterocycles. The number of nitriles is 1. The lowest BCUT2D eigenvalue weighted by molar-refractivity contribution is 0.596. The molecule has 0 fully saturated rings. The smallest absolute Gasteiger partial charge is 0.184 e. The first-order valence-electron chi connectivity index (χ1n) is 3.52. The summed E-state index contributed by atoms with van der Waals surface area (Å²) in [5, 5.41) is 8.57. The molecule has 0 aliphatic rings. The van der Waals surface area contributed by atoms with Crippen LogP contribution >= 0.6 is 12.2 Å². The third kappa shape index (κ3) is 2.33. The molecule has 0 bridgehead atoms. The molecule has 12 heavy (non-hydrogen) atoms. The Labute approximate surface area is 77.0 Å². The summed E-state index contributed by atoms with van der Waals surface area (Å²) in [4.78, 5) is 1.41. The molecule has 0 amide bonds. The summed E-state index contributed by atoms with van der Waals surface area (Å²) in [7, 11) is 0. The van der Waals surface area contributed by atoms with Crippen LogP contribution in [0.25, 0.3) is 0 Å². The molecule has 0 spiro atoms. The second-order valence-corrected chi connectivity index (χ2v) is 2.53. The minimum absolute atomic E-state index is 0.556. The Morgan fingerprint density at radius 1 is 1.42 bits per heavy atom. The minimum atomic E-state index is 0.556. The maximum atomic E-state index is 8.57. The quantitative estimate of drug-likeness (QED) is 0.400. The summed E-state index contributed by atoms with van der Waals surface area (Å²) in [5.41, 5.74) is 2.44. The molecule has 2 nitrogen and oxygen atoms in total. The predicted molar refractivity (Wildman–Crippen MR) is 51.3 cm³/mol. The van der Waals surface area contributed by atoms with Crippen molar-refractivity contribution in [1.29, 1.82) is 5.26 Å². The normalized spacial score (nSPS) is 8.58. The highest BCUT2D eigenvalue weighted by atomic mass is 32.1. The van der Waals surface area contributed by atoms with Gasteiger partial charge in [-0.05, 0) is 5.56 Å². The maximum Gasteiger partial charge on any atom is 0.184 e. The number of benzene rings is 1. The van der Waals surface area contributed by atoms with Crippen LogP contribution in [-0.4, -0.2) is 10.4 Å². The van der Waals surface area contributed by atoms with Crippen LogP contribution < -0.4 is 0 Å². The Hall–Kier alpha value is -1.40. The van der Waals surface area contributed by atoms with Gasteiger partial charge in [-0.3, -0.25) is 4.90 Å². The van der Waals surface area contributed by atoms with Crippen molar-refractivity contribution < 1.29 is 0 Å². The van der Waals surface area contributed by atoms with Crippen LogP contribution in [0.4, 0.5) is 0 Å².